The zero-order valence-corrected chi connectivity index (χ0v) is 13.7. The third-order valence-corrected chi connectivity index (χ3v) is 4.46. The van der Waals surface area contributed by atoms with E-state index in [0.717, 1.165) is 17.2 Å². The van der Waals surface area contributed by atoms with E-state index in [0.29, 0.717) is 29.5 Å². The molecule has 0 spiro atoms. The highest BCUT2D eigenvalue weighted by Gasteiger charge is 2.35. The number of benzene rings is 2. The van der Waals surface area contributed by atoms with Crippen LogP contribution in [0.15, 0.2) is 48.5 Å². The van der Waals surface area contributed by atoms with Crippen LogP contribution in [-0.2, 0) is 12.6 Å². The molecule has 0 saturated heterocycles. The number of nitrogens with one attached hydrogen (secondary N) is 1. The van der Waals surface area contributed by atoms with Gasteiger partial charge in [0.05, 0.1) is 16.9 Å². The lowest BCUT2D eigenvalue weighted by molar-refractivity contribution is -0.137. The molecule has 1 N–H and O–H groups in total. The van der Waals surface area contributed by atoms with Crippen LogP contribution in [-0.4, -0.2) is 16.3 Å². The molecule has 0 bridgehead atoms. The van der Waals surface area contributed by atoms with Crippen molar-refractivity contribution in [3.05, 3.63) is 64.7 Å². The SMILES string of the molecule is FC(F)(F)c1ccccc1-n1nc(-c2ccc(Cl)cc2)c2c1NCC2. The molecule has 4 rings (SSSR count). The van der Waals surface area contributed by atoms with Crippen LogP contribution in [0, 0.1) is 0 Å². The van der Waals surface area contributed by atoms with E-state index in [1.165, 1.54) is 16.8 Å². The second-order valence-corrected chi connectivity index (χ2v) is 6.22. The molecule has 1 aliphatic rings. The van der Waals surface area contributed by atoms with Crippen LogP contribution in [0.1, 0.15) is 11.1 Å². The second-order valence-electron chi connectivity index (χ2n) is 5.79. The van der Waals surface area contributed by atoms with Crippen molar-refractivity contribution in [1.82, 2.24) is 9.78 Å². The van der Waals surface area contributed by atoms with Gasteiger partial charge < -0.3 is 5.32 Å². The fourth-order valence-electron chi connectivity index (χ4n) is 3.09. The van der Waals surface area contributed by atoms with E-state index in [4.69, 9.17) is 11.6 Å². The lowest BCUT2D eigenvalue weighted by atomic mass is 10.1. The summed E-state index contributed by atoms with van der Waals surface area (Å²) in [5, 5.41) is 8.24. The Morgan fingerprint density at radius 3 is 2.48 bits per heavy atom. The Kier molecular flexibility index (Phi) is 3.72. The number of anilines is 1. The van der Waals surface area contributed by atoms with Crippen molar-refractivity contribution in [2.45, 2.75) is 12.6 Å². The molecule has 0 atom stereocenters. The summed E-state index contributed by atoms with van der Waals surface area (Å²) in [5.74, 6) is 0.613. The number of rotatable bonds is 2. The Bertz CT molecular complexity index is 930. The molecule has 128 valence electrons. The molecule has 0 saturated carbocycles. The molecular formula is C18H13ClF3N3. The first-order chi connectivity index (χ1) is 11.9. The molecule has 3 aromatic rings. The van der Waals surface area contributed by atoms with Crippen LogP contribution in [0.3, 0.4) is 0 Å². The first-order valence-electron chi connectivity index (χ1n) is 7.73. The van der Waals surface area contributed by atoms with Crippen molar-refractivity contribution in [2.75, 3.05) is 11.9 Å². The number of halogens is 4. The Labute approximate surface area is 147 Å². The van der Waals surface area contributed by atoms with E-state index in [1.807, 2.05) is 12.1 Å². The normalized spacial score (nSPS) is 13.6. The Balaban J connectivity index is 1.91. The number of aromatic nitrogens is 2. The minimum atomic E-state index is -4.45. The fourth-order valence-corrected chi connectivity index (χ4v) is 3.21. The van der Waals surface area contributed by atoms with Crippen LogP contribution in [0.5, 0.6) is 0 Å². The first-order valence-corrected chi connectivity index (χ1v) is 8.11. The van der Waals surface area contributed by atoms with Gasteiger partial charge in [-0.1, -0.05) is 35.9 Å². The number of alkyl halides is 3. The van der Waals surface area contributed by atoms with Gasteiger partial charge in [-0.3, -0.25) is 0 Å². The van der Waals surface area contributed by atoms with E-state index in [2.05, 4.69) is 10.4 Å². The van der Waals surface area contributed by atoms with E-state index >= 15 is 0 Å². The van der Waals surface area contributed by atoms with Gasteiger partial charge in [-0.05, 0) is 30.7 Å². The van der Waals surface area contributed by atoms with Gasteiger partial charge in [0.2, 0.25) is 0 Å². The Morgan fingerprint density at radius 1 is 1.04 bits per heavy atom. The van der Waals surface area contributed by atoms with Crippen molar-refractivity contribution in [3.8, 4) is 16.9 Å². The summed E-state index contributed by atoms with van der Waals surface area (Å²) in [6.45, 7) is 0.669. The smallest absolute Gasteiger partial charge is 0.369 e. The summed E-state index contributed by atoms with van der Waals surface area (Å²) in [6.07, 6.45) is -3.74. The summed E-state index contributed by atoms with van der Waals surface area (Å²) in [5.41, 5.74) is 1.72. The van der Waals surface area contributed by atoms with Crippen LogP contribution >= 0.6 is 11.6 Å². The van der Waals surface area contributed by atoms with E-state index in [1.54, 1.807) is 18.2 Å². The van der Waals surface area contributed by atoms with Gasteiger partial charge in [0.25, 0.3) is 0 Å². The predicted molar refractivity (Wildman–Crippen MR) is 91.2 cm³/mol. The van der Waals surface area contributed by atoms with Gasteiger partial charge in [0.15, 0.2) is 0 Å². The number of hydrogen-bond donors (Lipinski definition) is 1. The molecule has 1 aromatic heterocycles. The van der Waals surface area contributed by atoms with Gasteiger partial charge >= 0.3 is 6.18 Å². The number of fused-ring (bicyclic) bond motifs is 1. The number of para-hydroxylation sites is 1. The lowest BCUT2D eigenvalue weighted by Crippen LogP contribution is -2.13. The molecule has 0 aliphatic carbocycles. The topological polar surface area (TPSA) is 29.9 Å². The highest BCUT2D eigenvalue weighted by molar-refractivity contribution is 6.30. The molecule has 3 nitrogen and oxygen atoms in total. The molecule has 1 aliphatic heterocycles. The summed E-state index contributed by atoms with van der Waals surface area (Å²) < 4.78 is 41.5. The molecule has 2 heterocycles. The third kappa shape index (κ3) is 2.76. The fraction of sp³-hybridized carbons (Fsp3) is 0.167. The zero-order valence-electron chi connectivity index (χ0n) is 12.9. The molecule has 0 radical (unpaired) electrons. The summed E-state index contributed by atoms with van der Waals surface area (Å²) in [4.78, 5) is 0. The highest BCUT2D eigenvalue weighted by Crippen LogP contribution is 2.39. The standard InChI is InChI=1S/C18H13ClF3N3/c19-12-7-5-11(6-8-12)16-13-9-10-23-17(13)25(24-16)15-4-2-1-3-14(15)18(20,21)22/h1-8,23H,9-10H2. The Hall–Kier alpha value is -2.47. The Morgan fingerprint density at radius 2 is 1.76 bits per heavy atom. The second kappa shape index (κ2) is 5.81. The van der Waals surface area contributed by atoms with Crippen LogP contribution in [0.2, 0.25) is 5.02 Å². The minimum Gasteiger partial charge on any atom is -0.369 e. The molecule has 2 aromatic carbocycles. The molecule has 7 heteroatoms. The summed E-state index contributed by atoms with van der Waals surface area (Å²) in [6, 6.07) is 12.6. The van der Waals surface area contributed by atoms with E-state index < -0.39 is 11.7 Å². The molecule has 0 fully saturated rings. The maximum Gasteiger partial charge on any atom is 0.418 e. The van der Waals surface area contributed by atoms with Crippen LogP contribution in [0.4, 0.5) is 19.0 Å². The van der Waals surface area contributed by atoms with Crippen molar-refractivity contribution >= 4 is 17.4 Å². The first kappa shape index (κ1) is 16.0. The maximum atomic E-state index is 13.4. The van der Waals surface area contributed by atoms with Gasteiger partial charge in [-0.25, -0.2) is 4.68 Å². The molecule has 0 unspecified atom stereocenters. The van der Waals surface area contributed by atoms with Gasteiger partial charge in [0, 0.05) is 22.7 Å². The zero-order chi connectivity index (χ0) is 17.6. The van der Waals surface area contributed by atoms with Crippen molar-refractivity contribution in [1.29, 1.82) is 0 Å². The number of hydrogen-bond acceptors (Lipinski definition) is 2. The predicted octanol–water partition coefficient (Wildman–Crippen LogP) is 5.18. The summed E-state index contributed by atoms with van der Waals surface area (Å²) in [7, 11) is 0. The van der Waals surface area contributed by atoms with Crippen molar-refractivity contribution < 1.29 is 13.2 Å². The quantitative estimate of drug-likeness (QED) is 0.680. The largest absolute Gasteiger partial charge is 0.418 e. The monoisotopic (exact) mass is 363 g/mol. The minimum absolute atomic E-state index is 0.0147. The van der Waals surface area contributed by atoms with Crippen LogP contribution in [0.25, 0.3) is 16.9 Å². The lowest BCUT2D eigenvalue weighted by Gasteiger charge is -2.14. The maximum absolute atomic E-state index is 13.4. The third-order valence-electron chi connectivity index (χ3n) is 4.21. The van der Waals surface area contributed by atoms with Crippen LogP contribution < -0.4 is 5.32 Å². The van der Waals surface area contributed by atoms with Gasteiger partial charge in [0.1, 0.15) is 5.82 Å². The number of nitrogens with zero attached hydrogens (tertiary/aromatic N) is 2. The van der Waals surface area contributed by atoms with Gasteiger partial charge in [-0.15, -0.1) is 0 Å². The molecular weight excluding hydrogens is 351 g/mol. The summed E-state index contributed by atoms with van der Waals surface area (Å²) >= 11 is 5.93. The van der Waals surface area contributed by atoms with Crippen molar-refractivity contribution in [3.63, 3.8) is 0 Å². The average Bonchev–Trinajstić information content (AvgIpc) is 3.17. The van der Waals surface area contributed by atoms with E-state index in [-0.39, 0.29) is 5.69 Å². The molecule has 25 heavy (non-hydrogen) atoms. The average molecular weight is 364 g/mol. The van der Waals surface area contributed by atoms with Crippen molar-refractivity contribution in [2.24, 2.45) is 0 Å². The highest BCUT2D eigenvalue weighted by atomic mass is 35.5. The van der Waals surface area contributed by atoms with Gasteiger partial charge in [-0.2, -0.15) is 18.3 Å². The van der Waals surface area contributed by atoms with E-state index in [9.17, 15) is 13.2 Å². The molecule has 0 amide bonds.